The molecule has 0 heterocycles. The van der Waals surface area contributed by atoms with Crippen LogP contribution in [-0.4, -0.2) is 51.8 Å². The Labute approximate surface area is 167 Å². The standard InChI is InChI=1S/C20H30N2O5S/c1-15(14-27-2)21-20(24)16-8-10-17(11-9-16)22-19(23)12-13-28(25,26)18-6-4-3-5-7-18/h3-7,15-17H,8-14H2,1-2H3,(H,21,24)(H,22,23). The van der Waals surface area contributed by atoms with E-state index in [-0.39, 0.29) is 46.9 Å². The average Bonchev–Trinajstić information content (AvgIpc) is 2.68. The van der Waals surface area contributed by atoms with Crippen LogP contribution >= 0.6 is 0 Å². The fraction of sp³-hybridized carbons (Fsp3) is 0.600. The maximum Gasteiger partial charge on any atom is 0.223 e. The van der Waals surface area contributed by atoms with Gasteiger partial charge in [0.25, 0.3) is 0 Å². The van der Waals surface area contributed by atoms with E-state index in [1.165, 1.54) is 12.1 Å². The Hall–Kier alpha value is -1.93. The van der Waals surface area contributed by atoms with E-state index in [0.717, 1.165) is 0 Å². The lowest BCUT2D eigenvalue weighted by atomic mass is 9.85. The zero-order valence-corrected chi connectivity index (χ0v) is 17.3. The first-order valence-corrected chi connectivity index (χ1v) is 11.3. The van der Waals surface area contributed by atoms with Crippen molar-refractivity contribution < 1.29 is 22.7 Å². The lowest BCUT2D eigenvalue weighted by molar-refractivity contribution is -0.127. The summed E-state index contributed by atoms with van der Waals surface area (Å²) < 4.78 is 29.5. The zero-order valence-electron chi connectivity index (χ0n) is 16.5. The molecule has 2 amide bonds. The van der Waals surface area contributed by atoms with Crippen LogP contribution in [-0.2, 0) is 24.2 Å². The summed E-state index contributed by atoms with van der Waals surface area (Å²) in [5, 5.41) is 5.85. The van der Waals surface area contributed by atoms with Crippen molar-refractivity contribution in [3.8, 4) is 0 Å². The monoisotopic (exact) mass is 410 g/mol. The lowest BCUT2D eigenvalue weighted by Gasteiger charge is -2.29. The summed E-state index contributed by atoms with van der Waals surface area (Å²) in [6.45, 7) is 2.37. The number of methoxy groups -OCH3 is 1. The summed E-state index contributed by atoms with van der Waals surface area (Å²) in [5.74, 6) is -0.492. The number of hydrogen-bond donors (Lipinski definition) is 2. The predicted octanol–water partition coefficient (Wildman–Crippen LogP) is 1.68. The minimum absolute atomic E-state index is 0.00706. The highest BCUT2D eigenvalue weighted by molar-refractivity contribution is 7.91. The van der Waals surface area contributed by atoms with E-state index in [1.54, 1.807) is 25.3 Å². The molecule has 0 bridgehead atoms. The fourth-order valence-corrected chi connectivity index (χ4v) is 4.69. The van der Waals surface area contributed by atoms with Gasteiger partial charge >= 0.3 is 0 Å². The van der Waals surface area contributed by atoms with Crippen molar-refractivity contribution in [1.29, 1.82) is 0 Å². The molecule has 1 aromatic rings. The quantitative estimate of drug-likeness (QED) is 0.645. The lowest BCUT2D eigenvalue weighted by Crippen LogP contribution is -2.43. The highest BCUT2D eigenvalue weighted by Crippen LogP contribution is 2.24. The molecule has 2 rings (SSSR count). The SMILES string of the molecule is COCC(C)NC(=O)C1CCC(NC(=O)CCS(=O)(=O)c2ccccc2)CC1. The van der Waals surface area contributed by atoms with Gasteiger partial charge in [0.15, 0.2) is 9.84 Å². The van der Waals surface area contributed by atoms with Gasteiger partial charge in [-0.25, -0.2) is 8.42 Å². The van der Waals surface area contributed by atoms with Gasteiger partial charge in [-0.05, 0) is 44.7 Å². The third-order valence-electron chi connectivity index (χ3n) is 4.97. The highest BCUT2D eigenvalue weighted by atomic mass is 32.2. The maximum atomic E-state index is 12.2. The van der Waals surface area contributed by atoms with Gasteiger partial charge < -0.3 is 15.4 Å². The average molecular weight is 411 g/mol. The van der Waals surface area contributed by atoms with Crippen LogP contribution in [0.15, 0.2) is 35.2 Å². The molecular weight excluding hydrogens is 380 g/mol. The second kappa shape index (κ2) is 10.6. The van der Waals surface area contributed by atoms with Gasteiger partial charge in [0.05, 0.1) is 17.3 Å². The Morgan fingerprint density at radius 3 is 2.39 bits per heavy atom. The maximum absolute atomic E-state index is 12.2. The third-order valence-corrected chi connectivity index (χ3v) is 6.70. The van der Waals surface area contributed by atoms with Crippen LogP contribution in [0.1, 0.15) is 39.0 Å². The van der Waals surface area contributed by atoms with Gasteiger partial charge in [0.1, 0.15) is 0 Å². The zero-order chi connectivity index (χ0) is 20.6. The second-order valence-corrected chi connectivity index (χ2v) is 9.47. The molecule has 8 heteroatoms. The summed E-state index contributed by atoms with van der Waals surface area (Å²) in [7, 11) is -1.86. The van der Waals surface area contributed by atoms with E-state index in [2.05, 4.69) is 10.6 Å². The molecule has 0 saturated heterocycles. The van der Waals surface area contributed by atoms with E-state index in [1.807, 2.05) is 6.92 Å². The van der Waals surface area contributed by atoms with Crippen LogP contribution in [0.25, 0.3) is 0 Å². The van der Waals surface area contributed by atoms with Crippen LogP contribution < -0.4 is 10.6 Å². The fourth-order valence-electron chi connectivity index (χ4n) is 3.42. The molecule has 1 aromatic carbocycles. The molecule has 1 aliphatic carbocycles. The van der Waals surface area contributed by atoms with Gasteiger partial charge in [-0.15, -0.1) is 0 Å². The van der Waals surface area contributed by atoms with E-state index in [0.29, 0.717) is 32.3 Å². The van der Waals surface area contributed by atoms with Crippen molar-refractivity contribution in [2.24, 2.45) is 5.92 Å². The van der Waals surface area contributed by atoms with E-state index in [9.17, 15) is 18.0 Å². The number of ether oxygens (including phenoxy) is 1. The molecule has 1 unspecified atom stereocenters. The number of carbonyl (C=O) groups is 2. The van der Waals surface area contributed by atoms with Gasteiger partial charge in [-0.1, -0.05) is 18.2 Å². The molecule has 2 N–H and O–H groups in total. The van der Waals surface area contributed by atoms with Crippen LogP contribution in [0.4, 0.5) is 0 Å². The Balaban J connectivity index is 1.72. The molecule has 7 nitrogen and oxygen atoms in total. The normalized spacial score (nSPS) is 20.9. The van der Waals surface area contributed by atoms with Crippen LogP contribution in [0.5, 0.6) is 0 Å². The van der Waals surface area contributed by atoms with Crippen LogP contribution in [0, 0.1) is 5.92 Å². The Kier molecular flexibility index (Phi) is 8.44. The number of sulfone groups is 1. The largest absolute Gasteiger partial charge is 0.383 e. The molecule has 0 spiro atoms. The van der Waals surface area contributed by atoms with Crippen molar-refractivity contribution in [1.82, 2.24) is 10.6 Å². The highest BCUT2D eigenvalue weighted by Gasteiger charge is 2.28. The second-order valence-electron chi connectivity index (χ2n) is 7.36. The number of hydrogen-bond acceptors (Lipinski definition) is 5. The smallest absolute Gasteiger partial charge is 0.223 e. The summed E-state index contributed by atoms with van der Waals surface area (Å²) in [5.41, 5.74) is 0. The van der Waals surface area contributed by atoms with Crippen molar-refractivity contribution in [3.05, 3.63) is 30.3 Å². The molecule has 0 aromatic heterocycles. The molecule has 1 atom stereocenters. The molecular formula is C20H30N2O5S. The molecule has 28 heavy (non-hydrogen) atoms. The number of benzene rings is 1. The van der Waals surface area contributed by atoms with Crippen molar-refractivity contribution in [3.63, 3.8) is 0 Å². The van der Waals surface area contributed by atoms with Gasteiger partial charge in [-0.2, -0.15) is 0 Å². The number of amides is 2. The molecule has 156 valence electrons. The first-order chi connectivity index (χ1) is 13.3. The Bertz CT molecular complexity index is 743. The molecule has 0 aliphatic heterocycles. The first kappa shape index (κ1) is 22.4. The van der Waals surface area contributed by atoms with Gasteiger partial charge in [0.2, 0.25) is 11.8 Å². The summed E-state index contributed by atoms with van der Waals surface area (Å²) in [6, 6.07) is 8.12. The van der Waals surface area contributed by atoms with Crippen LogP contribution in [0.3, 0.4) is 0 Å². The van der Waals surface area contributed by atoms with Crippen molar-refractivity contribution in [2.45, 2.75) is 56.0 Å². The molecule has 1 aliphatic rings. The molecule has 1 fully saturated rings. The minimum Gasteiger partial charge on any atom is -0.383 e. The Morgan fingerprint density at radius 1 is 1.14 bits per heavy atom. The predicted molar refractivity (Wildman–Crippen MR) is 106 cm³/mol. The minimum atomic E-state index is -3.46. The van der Waals surface area contributed by atoms with Crippen LogP contribution in [0.2, 0.25) is 0 Å². The summed E-state index contributed by atoms with van der Waals surface area (Å²) in [6.07, 6.45) is 2.78. The molecule has 1 saturated carbocycles. The summed E-state index contributed by atoms with van der Waals surface area (Å²) in [4.78, 5) is 24.6. The third kappa shape index (κ3) is 6.91. The number of carbonyl (C=O) groups excluding carboxylic acids is 2. The van der Waals surface area contributed by atoms with E-state index in [4.69, 9.17) is 4.74 Å². The molecule has 0 radical (unpaired) electrons. The Morgan fingerprint density at radius 2 is 1.79 bits per heavy atom. The number of rotatable bonds is 9. The van der Waals surface area contributed by atoms with Crippen molar-refractivity contribution >= 4 is 21.7 Å². The van der Waals surface area contributed by atoms with E-state index < -0.39 is 9.84 Å². The van der Waals surface area contributed by atoms with E-state index >= 15 is 0 Å². The van der Waals surface area contributed by atoms with Gasteiger partial charge in [0, 0.05) is 31.5 Å². The summed E-state index contributed by atoms with van der Waals surface area (Å²) >= 11 is 0. The first-order valence-electron chi connectivity index (χ1n) is 9.68. The topological polar surface area (TPSA) is 102 Å². The number of nitrogens with one attached hydrogen (secondary N) is 2. The van der Waals surface area contributed by atoms with Crippen molar-refractivity contribution in [2.75, 3.05) is 19.5 Å². The van der Waals surface area contributed by atoms with Gasteiger partial charge in [-0.3, -0.25) is 9.59 Å².